The molecule has 3 N–H and O–H groups in total. The molecule has 2 rings (SSSR count). The predicted octanol–water partition coefficient (Wildman–Crippen LogP) is 2.38. The number of rotatable bonds is 3. The van der Waals surface area contributed by atoms with E-state index in [9.17, 15) is 13.9 Å². The van der Waals surface area contributed by atoms with Crippen molar-refractivity contribution in [2.45, 2.75) is 43.9 Å². The Balaban J connectivity index is 2.26. The van der Waals surface area contributed by atoms with Crippen molar-refractivity contribution in [1.82, 2.24) is 0 Å². The first kappa shape index (κ1) is 13.2. The van der Waals surface area contributed by atoms with Crippen molar-refractivity contribution in [1.29, 1.82) is 0 Å². The molecule has 100 valence electrons. The van der Waals surface area contributed by atoms with Gasteiger partial charge in [-0.25, -0.2) is 0 Å². The lowest BCUT2D eigenvalue weighted by Gasteiger charge is -2.36. The molecular formula is C13H17F2NO2. The normalized spacial score (nSPS) is 28.4. The van der Waals surface area contributed by atoms with Crippen molar-refractivity contribution >= 4 is 0 Å². The van der Waals surface area contributed by atoms with Gasteiger partial charge in [0, 0.05) is 11.1 Å². The molecule has 0 bridgehead atoms. The summed E-state index contributed by atoms with van der Waals surface area (Å²) in [6, 6.07) is 6.62. The largest absolute Gasteiger partial charge is 0.434 e. The smallest absolute Gasteiger partial charge is 0.387 e. The second-order valence-corrected chi connectivity index (χ2v) is 4.76. The highest BCUT2D eigenvalue weighted by molar-refractivity contribution is 5.39. The maximum Gasteiger partial charge on any atom is 0.387 e. The quantitative estimate of drug-likeness (QED) is 0.874. The van der Waals surface area contributed by atoms with Crippen LogP contribution < -0.4 is 10.5 Å². The first-order valence-corrected chi connectivity index (χ1v) is 6.02. The first-order chi connectivity index (χ1) is 8.51. The summed E-state index contributed by atoms with van der Waals surface area (Å²) in [7, 11) is 0. The van der Waals surface area contributed by atoms with Crippen LogP contribution >= 0.6 is 0 Å². The molecule has 0 aromatic heterocycles. The van der Waals surface area contributed by atoms with Gasteiger partial charge in [0.15, 0.2) is 0 Å². The van der Waals surface area contributed by atoms with E-state index >= 15 is 0 Å². The zero-order valence-corrected chi connectivity index (χ0v) is 9.98. The van der Waals surface area contributed by atoms with E-state index in [1.807, 2.05) is 0 Å². The second kappa shape index (κ2) is 5.20. The average molecular weight is 257 g/mol. The third-order valence-electron chi connectivity index (χ3n) is 3.49. The van der Waals surface area contributed by atoms with Gasteiger partial charge >= 0.3 is 6.61 Å². The predicted molar refractivity (Wildman–Crippen MR) is 63.4 cm³/mol. The Kier molecular flexibility index (Phi) is 3.82. The number of alkyl halides is 2. The van der Waals surface area contributed by atoms with Crippen molar-refractivity contribution in [3.63, 3.8) is 0 Å². The van der Waals surface area contributed by atoms with Gasteiger partial charge in [0.2, 0.25) is 0 Å². The van der Waals surface area contributed by atoms with Gasteiger partial charge in [0.1, 0.15) is 5.75 Å². The van der Waals surface area contributed by atoms with Crippen LogP contribution in [0.2, 0.25) is 0 Å². The average Bonchev–Trinajstić information content (AvgIpc) is 2.33. The Morgan fingerprint density at radius 2 is 1.89 bits per heavy atom. The number of para-hydroxylation sites is 1. The van der Waals surface area contributed by atoms with Gasteiger partial charge in [-0.05, 0) is 31.7 Å². The molecule has 1 aromatic carbocycles. The highest BCUT2D eigenvalue weighted by Gasteiger charge is 2.35. The van der Waals surface area contributed by atoms with Gasteiger partial charge in [0.25, 0.3) is 0 Å². The van der Waals surface area contributed by atoms with Gasteiger partial charge in [-0.1, -0.05) is 18.2 Å². The first-order valence-electron chi connectivity index (χ1n) is 6.02. The summed E-state index contributed by atoms with van der Waals surface area (Å²) in [5, 5.41) is 9.50. The van der Waals surface area contributed by atoms with E-state index in [0.717, 1.165) is 0 Å². The Morgan fingerprint density at radius 1 is 1.28 bits per heavy atom. The van der Waals surface area contributed by atoms with Crippen LogP contribution in [0, 0.1) is 0 Å². The maximum atomic E-state index is 12.4. The van der Waals surface area contributed by atoms with Crippen molar-refractivity contribution in [3.8, 4) is 5.75 Å². The SMILES string of the molecule is NC1(c2ccccc2OC(F)F)CCC(O)CC1. The number of aliphatic hydroxyl groups excluding tert-OH is 1. The van der Waals surface area contributed by atoms with Crippen LogP contribution in [-0.4, -0.2) is 17.8 Å². The number of benzene rings is 1. The zero-order valence-electron chi connectivity index (χ0n) is 9.98. The molecule has 1 aliphatic rings. The molecule has 1 saturated carbocycles. The van der Waals surface area contributed by atoms with E-state index in [4.69, 9.17) is 5.73 Å². The fourth-order valence-corrected chi connectivity index (χ4v) is 2.46. The van der Waals surface area contributed by atoms with E-state index in [0.29, 0.717) is 31.2 Å². The molecule has 0 saturated heterocycles. The minimum atomic E-state index is -2.86. The van der Waals surface area contributed by atoms with Crippen LogP contribution in [0.25, 0.3) is 0 Å². The second-order valence-electron chi connectivity index (χ2n) is 4.76. The topological polar surface area (TPSA) is 55.5 Å². The molecule has 1 aromatic rings. The molecule has 0 atom stereocenters. The van der Waals surface area contributed by atoms with Crippen molar-refractivity contribution < 1.29 is 18.6 Å². The molecule has 5 heteroatoms. The minimum absolute atomic E-state index is 0.131. The lowest BCUT2D eigenvalue weighted by Crippen LogP contribution is -2.42. The van der Waals surface area contributed by atoms with Gasteiger partial charge in [0.05, 0.1) is 6.10 Å². The van der Waals surface area contributed by atoms with Crippen molar-refractivity contribution in [2.75, 3.05) is 0 Å². The van der Waals surface area contributed by atoms with Crippen molar-refractivity contribution in [3.05, 3.63) is 29.8 Å². The molecule has 0 radical (unpaired) electrons. The zero-order chi connectivity index (χ0) is 13.2. The molecule has 18 heavy (non-hydrogen) atoms. The molecule has 0 spiro atoms. The number of ether oxygens (including phenoxy) is 1. The van der Waals surface area contributed by atoms with E-state index < -0.39 is 12.2 Å². The molecule has 0 aliphatic heterocycles. The molecule has 0 amide bonds. The third kappa shape index (κ3) is 2.79. The fourth-order valence-electron chi connectivity index (χ4n) is 2.46. The standard InChI is InChI=1S/C13H17F2NO2/c14-12(15)18-11-4-2-1-3-10(11)13(16)7-5-9(17)6-8-13/h1-4,9,12,17H,5-8,16H2. The summed E-state index contributed by atoms with van der Waals surface area (Å²) >= 11 is 0. The lowest BCUT2D eigenvalue weighted by molar-refractivity contribution is -0.0515. The van der Waals surface area contributed by atoms with Gasteiger partial charge < -0.3 is 15.6 Å². The number of hydrogen-bond donors (Lipinski definition) is 2. The molecule has 1 aliphatic carbocycles. The number of nitrogens with two attached hydrogens (primary N) is 1. The summed E-state index contributed by atoms with van der Waals surface area (Å²) in [5.41, 5.74) is 6.19. The van der Waals surface area contributed by atoms with Crippen LogP contribution in [0.4, 0.5) is 8.78 Å². The highest BCUT2D eigenvalue weighted by atomic mass is 19.3. The molecule has 0 heterocycles. The molecular weight excluding hydrogens is 240 g/mol. The van der Waals surface area contributed by atoms with Gasteiger partial charge in [-0.2, -0.15) is 8.78 Å². The molecule has 1 fully saturated rings. The van der Waals surface area contributed by atoms with E-state index in [2.05, 4.69) is 4.74 Å². The van der Waals surface area contributed by atoms with Crippen molar-refractivity contribution in [2.24, 2.45) is 5.73 Å². The Bertz CT molecular complexity index is 404. The summed E-state index contributed by atoms with van der Waals surface area (Å²) in [5.74, 6) is 0.131. The Morgan fingerprint density at radius 3 is 2.50 bits per heavy atom. The Hall–Kier alpha value is -1.20. The fraction of sp³-hybridized carbons (Fsp3) is 0.538. The summed E-state index contributed by atoms with van der Waals surface area (Å²) in [6.07, 6.45) is 1.96. The van der Waals surface area contributed by atoms with Crippen LogP contribution in [0.3, 0.4) is 0 Å². The van der Waals surface area contributed by atoms with Gasteiger partial charge in [-0.15, -0.1) is 0 Å². The Labute approximate surface area is 105 Å². The van der Waals surface area contributed by atoms with E-state index in [1.54, 1.807) is 18.2 Å². The minimum Gasteiger partial charge on any atom is -0.434 e. The number of hydrogen-bond acceptors (Lipinski definition) is 3. The summed E-state index contributed by atoms with van der Waals surface area (Å²) in [4.78, 5) is 0. The third-order valence-corrected chi connectivity index (χ3v) is 3.49. The molecule has 0 unspecified atom stereocenters. The summed E-state index contributed by atoms with van der Waals surface area (Å²) in [6.45, 7) is -2.86. The van der Waals surface area contributed by atoms with E-state index in [-0.39, 0.29) is 11.9 Å². The number of halogens is 2. The van der Waals surface area contributed by atoms with Crippen LogP contribution in [0.5, 0.6) is 5.75 Å². The maximum absolute atomic E-state index is 12.4. The van der Waals surface area contributed by atoms with E-state index in [1.165, 1.54) is 6.07 Å². The summed E-state index contributed by atoms with van der Waals surface area (Å²) < 4.78 is 29.2. The lowest BCUT2D eigenvalue weighted by atomic mass is 9.76. The van der Waals surface area contributed by atoms with Crippen LogP contribution in [0.1, 0.15) is 31.2 Å². The highest BCUT2D eigenvalue weighted by Crippen LogP contribution is 2.39. The van der Waals surface area contributed by atoms with Crippen LogP contribution in [0.15, 0.2) is 24.3 Å². The van der Waals surface area contributed by atoms with Gasteiger partial charge in [-0.3, -0.25) is 0 Å². The van der Waals surface area contributed by atoms with Crippen LogP contribution in [-0.2, 0) is 5.54 Å². The monoisotopic (exact) mass is 257 g/mol. The molecule has 3 nitrogen and oxygen atoms in total. The number of aliphatic hydroxyl groups is 1.